The number of nitrogens with zero attached hydrogens (tertiary/aromatic N) is 2. The number of amides is 2. The lowest BCUT2D eigenvalue weighted by Crippen LogP contribution is -2.49. The predicted molar refractivity (Wildman–Crippen MR) is 142 cm³/mol. The van der Waals surface area contributed by atoms with Crippen molar-refractivity contribution in [3.8, 4) is 0 Å². The Hall–Kier alpha value is -2.36. The van der Waals surface area contributed by atoms with Crippen LogP contribution >= 0.6 is 23.2 Å². The molecule has 0 aliphatic rings. The third kappa shape index (κ3) is 8.08. The average molecular weight is 561 g/mol. The second kappa shape index (κ2) is 13.3. The van der Waals surface area contributed by atoms with Crippen molar-refractivity contribution in [3.63, 3.8) is 0 Å². The summed E-state index contributed by atoms with van der Waals surface area (Å²) in [6.45, 7) is 5.30. The van der Waals surface area contributed by atoms with Gasteiger partial charge in [0.1, 0.15) is 11.9 Å². The molecule has 0 aliphatic carbocycles. The maximum atomic E-state index is 14.3. The fourth-order valence-corrected chi connectivity index (χ4v) is 5.02. The van der Waals surface area contributed by atoms with Crippen LogP contribution in [-0.4, -0.2) is 50.0 Å². The van der Waals surface area contributed by atoms with E-state index in [1.165, 1.54) is 29.2 Å². The zero-order chi connectivity index (χ0) is 27.0. The molecule has 2 amide bonds. The van der Waals surface area contributed by atoms with Gasteiger partial charge in [0.25, 0.3) is 0 Å². The van der Waals surface area contributed by atoms with Crippen molar-refractivity contribution in [3.05, 3.63) is 63.9 Å². The molecule has 11 heteroatoms. The summed E-state index contributed by atoms with van der Waals surface area (Å²) >= 11 is 12.6. The van der Waals surface area contributed by atoms with Gasteiger partial charge in [0, 0.05) is 41.2 Å². The van der Waals surface area contributed by atoms with Crippen LogP contribution in [0.4, 0.5) is 10.1 Å². The lowest BCUT2D eigenvalue weighted by Gasteiger charge is -2.30. The Bertz CT molecular complexity index is 1160. The topological polar surface area (TPSA) is 86.8 Å². The highest BCUT2D eigenvalue weighted by molar-refractivity contribution is 7.92. The summed E-state index contributed by atoms with van der Waals surface area (Å²) in [6.07, 6.45) is 1.73. The smallest absolute Gasteiger partial charge is 0.242 e. The minimum absolute atomic E-state index is 0.00443. The van der Waals surface area contributed by atoms with Gasteiger partial charge >= 0.3 is 0 Å². The van der Waals surface area contributed by atoms with Gasteiger partial charge in [-0.1, -0.05) is 48.3 Å². The molecular formula is C25H32Cl2FN3O4S. The molecule has 0 heterocycles. The fraction of sp³-hybridized carbons (Fsp3) is 0.440. The predicted octanol–water partition coefficient (Wildman–Crippen LogP) is 5.01. The molecule has 2 atom stereocenters. The van der Waals surface area contributed by atoms with Crippen molar-refractivity contribution in [2.45, 2.75) is 58.7 Å². The first kappa shape index (κ1) is 29.9. The Labute approximate surface area is 222 Å². The van der Waals surface area contributed by atoms with Crippen molar-refractivity contribution < 1.29 is 22.4 Å². The monoisotopic (exact) mass is 559 g/mol. The van der Waals surface area contributed by atoms with Gasteiger partial charge in [-0.2, -0.15) is 0 Å². The molecule has 7 nitrogen and oxygen atoms in total. The second-order valence-electron chi connectivity index (χ2n) is 8.61. The Morgan fingerprint density at radius 1 is 1.06 bits per heavy atom. The summed E-state index contributed by atoms with van der Waals surface area (Å²) in [6, 6.07) is 9.60. The molecule has 1 N–H and O–H groups in total. The number of para-hydroxylation sites is 1. The molecular weight excluding hydrogens is 528 g/mol. The molecule has 2 aromatic rings. The maximum Gasteiger partial charge on any atom is 0.242 e. The van der Waals surface area contributed by atoms with Crippen molar-refractivity contribution >= 4 is 50.7 Å². The number of hydrogen-bond donors (Lipinski definition) is 1. The van der Waals surface area contributed by atoms with E-state index < -0.39 is 21.9 Å². The lowest BCUT2D eigenvalue weighted by molar-refractivity contribution is -0.140. The van der Waals surface area contributed by atoms with Crippen LogP contribution in [0, 0.1) is 5.82 Å². The van der Waals surface area contributed by atoms with E-state index in [2.05, 4.69) is 5.32 Å². The number of carbonyl (C=O) groups excluding carboxylic acids is 2. The third-order valence-corrected chi connectivity index (χ3v) is 7.72. The molecule has 36 heavy (non-hydrogen) atoms. The van der Waals surface area contributed by atoms with Crippen LogP contribution in [0.25, 0.3) is 0 Å². The molecule has 2 rings (SSSR count). The molecule has 0 radical (unpaired) electrons. The second-order valence-corrected chi connectivity index (χ2v) is 11.3. The van der Waals surface area contributed by atoms with Crippen molar-refractivity contribution in [2.24, 2.45) is 0 Å². The van der Waals surface area contributed by atoms with Gasteiger partial charge in [-0.15, -0.1) is 0 Å². The van der Waals surface area contributed by atoms with E-state index in [9.17, 15) is 22.4 Å². The summed E-state index contributed by atoms with van der Waals surface area (Å²) in [4.78, 5) is 27.6. The minimum Gasteiger partial charge on any atom is -0.352 e. The van der Waals surface area contributed by atoms with Gasteiger partial charge in [-0.05, 0) is 51.0 Å². The SMILES string of the molecule is CC[C@H](C)NC(=O)[C@@H](C)N(Cc1c(Cl)cccc1Cl)C(=O)CCCN(c1ccccc1F)S(C)(=O)=O. The molecule has 0 saturated heterocycles. The van der Waals surface area contributed by atoms with Crippen LogP contribution < -0.4 is 9.62 Å². The number of rotatable bonds is 12. The molecule has 0 fully saturated rings. The van der Waals surface area contributed by atoms with Gasteiger partial charge in [0.05, 0.1) is 11.9 Å². The highest BCUT2D eigenvalue weighted by Crippen LogP contribution is 2.27. The number of benzene rings is 2. The number of sulfonamides is 1. The van der Waals surface area contributed by atoms with Crippen LogP contribution in [0.2, 0.25) is 10.0 Å². The summed E-state index contributed by atoms with van der Waals surface area (Å²) < 4.78 is 39.9. The molecule has 0 aliphatic heterocycles. The van der Waals surface area contributed by atoms with E-state index in [0.717, 1.165) is 17.0 Å². The zero-order valence-corrected chi connectivity index (χ0v) is 23.1. The Morgan fingerprint density at radius 2 is 1.67 bits per heavy atom. The van der Waals surface area contributed by atoms with Gasteiger partial charge in [-0.3, -0.25) is 13.9 Å². The summed E-state index contributed by atoms with van der Waals surface area (Å²) in [5.41, 5.74) is 0.412. The molecule has 0 spiro atoms. The third-order valence-electron chi connectivity index (χ3n) is 5.83. The van der Waals surface area contributed by atoms with Crippen molar-refractivity contribution in [1.82, 2.24) is 10.2 Å². The summed E-state index contributed by atoms with van der Waals surface area (Å²) in [5, 5.41) is 3.59. The first-order valence-electron chi connectivity index (χ1n) is 11.6. The molecule has 0 unspecified atom stereocenters. The van der Waals surface area contributed by atoms with E-state index in [-0.39, 0.29) is 49.5 Å². The van der Waals surface area contributed by atoms with Crippen LogP contribution in [-0.2, 0) is 26.2 Å². The summed E-state index contributed by atoms with van der Waals surface area (Å²) in [7, 11) is -3.80. The van der Waals surface area contributed by atoms with Crippen LogP contribution in [0.3, 0.4) is 0 Å². The van der Waals surface area contributed by atoms with E-state index in [4.69, 9.17) is 23.2 Å². The fourth-order valence-electron chi connectivity index (χ4n) is 3.54. The quantitative estimate of drug-likeness (QED) is 0.396. The standard InChI is InChI=1S/C25H32Cl2FN3O4S/c1-5-17(2)29-25(33)18(3)30(16-19-20(26)10-8-11-21(19)27)24(32)14-9-15-31(36(4,34)35)23-13-7-6-12-22(23)28/h6-8,10-13,17-18H,5,9,14-16H2,1-4H3,(H,29,33)/t17-,18+/m0/s1. The maximum absolute atomic E-state index is 14.3. The molecule has 0 saturated carbocycles. The Morgan fingerprint density at radius 3 is 2.22 bits per heavy atom. The Balaban J connectivity index is 2.24. The van der Waals surface area contributed by atoms with Crippen LogP contribution in [0.5, 0.6) is 0 Å². The minimum atomic E-state index is -3.80. The number of halogens is 3. The first-order valence-corrected chi connectivity index (χ1v) is 14.2. The number of anilines is 1. The largest absolute Gasteiger partial charge is 0.352 e. The zero-order valence-electron chi connectivity index (χ0n) is 20.8. The van der Waals surface area contributed by atoms with E-state index in [1.54, 1.807) is 25.1 Å². The number of hydrogen-bond acceptors (Lipinski definition) is 4. The van der Waals surface area contributed by atoms with Crippen LogP contribution in [0.1, 0.15) is 45.6 Å². The van der Waals surface area contributed by atoms with E-state index >= 15 is 0 Å². The van der Waals surface area contributed by atoms with Gasteiger partial charge in [0.15, 0.2) is 0 Å². The van der Waals surface area contributed by atoms with Gasteiger partial charge in [-0.25, -0.2) is 12.8 Å². The molecule has 0 aromatic heterocycles. The summed E-state index contributed by atoms with van der Waals surface area (Å²) in [5.74, 6) is -1.40. The molecule has 198 valence electrons. The molecule has 2 aromatic carbocycles. The van der Waals surface area contributed by atoms with E-state index in [0.29, 0.717) is 15.6 Å². The highest BCUT2D eigenvalue weighted by Gasteiger charge is 2.28. The molecule has 0 bridgehead atoms. The van der Waals surface area contributed by atoms with Gasteiger partial charge in [0.2, 0.25) is 21.8 Å². The van der Waals surface area contributed by atoms with Gasteiger partial charge < -0.3 is 10.2 Å². The lowest BCUT2D eigenvalue weighted by atomic mass is 10.1. The van der Waals surface area contributed by atoms with Crippen molar-refractivity contribution in [2.75, 3.05) is 17.1 Å². The normalized spacial score (nSPS) is 13.1. The number of nitrogens with one attached hydrogen (secondary N) is 1. The first-order chi connectivity index (χ1) is 16.9. The highest BCUT2D eigenvalue weighted by atomic mass is 35.5. The number of carbonyl (C=O) groups is 2. The van der Waals surface area contributed by atoms with E-state index in [1.807, 2.05) is 13.8 Å². The van der Waals surface area contributed by atoms with Crippen LogP contribution in [0.15, 0.2) is 42.5 Å². The average Bonchev–Trinajstić information content (AvgIpc) is 2.81. The van der Waals surface area contributed by atoms with Crippen molar-refractivity contribution in [1.29, 1.82) is 0 Å². The Kier molecular flexibility index (Phi) is 11.0.